The largest absolute Gasteiger partial charge is 0.478 e. The van der Waals surface area contributed by atoms with E-state index in [0.717, 1.165) is 31.4 Å². The van der Waals surface area contributed by atoms with Crippen LogP contribution in [0.25, 0.3) is 0 Å². The highest BCUT2D eigenvalue weighted by Crippen LogP contribution is 2.28. The van der Waals surface area contributed by atoms with E-state index in [0.29, 0.717) is 25.1 Å². The fourth-order valence-corrected chi connectivity index (χ4v) is 3.30. The molecule has 2 heterocycles. The van der Waals surface area contributed by atoms with Gasteiger partial charge in [0.2, 0.25) is 5.91 Å². The first-order valence-corrected chi connectivity index (χ1v) is 8.57. The van der Waals surface area contributed by atoms with Gasteiger partial charge in [0.1, 0.15) is 12.7 Å². The predicted molar refractivity (Wildman–Crippen MR) is 91.2 cm³/mol. The average Bonchev–Trinajstić information content (AvgIpc) is 3.15. The second kappa shape index (κ2) is 7.92. The molecule has 1 aliphatic heterocycles. The molecule has 3 rings (SSSR count). The molecule has 2 aromatic rings. The Labute approximate surface area is 146 Å². The first-order valence-electron chi connectivity index (χ1n) is 8.57. The van der Waals surface area contributed by atoms with Crippen LogP contribution in [-0.2, 0) is 11.3 Å². The third kappa shape index (κ3) is 4.43. The van der Waals surface area contributed by atoms with Gasteiger partial charge in [-0.05, 0) is 37.0 Å². The zero-order chi connectivity index (χ0) is 17.6. The molecule has 0 aliphatic carbocycles. The standard InChI is InChI=1S/C18H22N4O3/c23-17(7-3-9-22-13-19-12-20-22)21-8-2-6-16(11-21)14-4-1-5-15(10-14)18(24)25/h1,4-5,10,12-13,16H,2-3,6-9,11H2,(H,24,25)/t16-/m0/s1. The minimum absolute atomic E-state index is 0.152. The van der Waals surface area contributed by atoms with E-state index in [1.54, 1.807) is 29.2 Å². The van der Waals surface area contributed by atoms with Gasteiger partial charge in [-0.2, -0.15) is 5.10 Å². The third-order valence-corrected chi connectivity index (χ3v) is 4.62. The summed E-state index contributed by atoms with van der Waals surface area (Å²) in [7, 11) is 0. The maximum atomic E-state index is 12.5. The number of likely N-dealkylation sites (tertiary alicyclic amines) is 1. The Balaban J connectivity index is 1.56. The van der Waals surface area contributed by atoms with Gasteiger partial charge in [-0.1, -0.05) is 12.1 Å². The van der Waals surface area contributed by atoms with Crippen LogP contribution in [0.15, 0.2) is 36.9 Å². The lowest BCUT2D eigenvalue weighted by Crippen LogP contribution is -2.39. The first-order chi connectivity index (χ1) is 12.1. The molecule has 1 fully saturated rings. The van der Waals surface area contributed by atoms with Crippen molar-refractivity contribution in [2.24, 2.45) is 0 Å². The van der Waals surface area contributed by atoms with Crippen molar-refractivity contribution in [2.45, 2.75) is 38.1 Å². The van der Waals surface area contributed by atoms with Gasteiger partial charge >= 0.3 is 5.97 Å². The Kier molecular flexibility index (Phi) is 5.42. The number of carbonyl (C=O) groups excluding carboxylic acids is 1. The summed E-state index contributed by atoms with van der Waals surface area (Å²) in [5.74, 6) is -0.565. The van der Waals surface area contributed by atoms with E-state index < -0.39 is 5.97 Å². The Hall–Kier alpha value is -2.70. The molecule has 0 unspecified atom stereocenters. The number of hydrogen-bond donors (Lipinski definition) is 1. The van der Waals surface area contributed by atoms with Crippen LogP contribution in [0.1, 0.15) is 47.5 Å². The van der Waals surface area contributed by atoms with Crippen molar-refractivity contribution >= 4 is 11.9 Å². The number of carboxylic acids is 1. The summed E-state index contributed by atoms with van der Waals surface area (Å²) >= 11 is 0. The topological polar surface area (TPSA) is 88.3 Å². The highest BCUT2D eigenvalue weighted by molar-refractivity contribution is 5.87. The summed E-state index contributed by atoms with van der Waals surface area (Å²) in [6, 6.07) is 7.06. The fourth-order valence-electron chi connectivity index (χ4n) is 3.30. The van der Waals surface area contributed by atoms with E-state index in [-0.39, 0.29) is 11.8 Å². The number of rotatable bonds is 6. The van der Waals surface area contributed by atoms with Crippen molar-refractivity contribution in [3.05, 3.63) is 48.0 Å². The summed E-state index contributed by atoms with van der Waals surface area (Å²) in [4.78, 5) is 29.4. The van der Waals surface area contributed by atoms with Crippen molar-refractivity contribution in [1.29, 1.82) is 0 Å². The van der Waals surface area contributed by atoms with Gasteiger partial charge in [0.15, 0.2) is 0 Å². The normalized spacial score (nSPS) is 17.4. The number of benzene rings is 1. The van der Waals surface area contributed by atoms with E-state index in [1.807, 2.05) is 11.0 Å². The van der Waals surface area contributed by atoms with Crippen LogP contribution < -0.4 is 0 Å². The molecule has 1 N–H and O–H groups in total. The predicted octanol–water partition coefficient (Wildman–Crippen LogP) is 2.16. The second-order valence-corrected chi connectivity index (χ2v) is 6.37. The summed E-state index contributed by atoms with van der Waals surface area (Å²) in [5.41, 5.74) is 1.30. The van der Waals surface area contributed by atoms with Gasteiger partial charge in [-0.25, -0.2) is 9.78 Å². The van der Waals surface area contributed by atoms with Crippen molar-refractivity contribution in [1.82, 2.24) is 19.7 Å². The summed E-state index contributed by atoms with van der Waals surface area (Å²) in [6.07, 6.45) is 6.28. The fraction of sp³-hybridized carbons (Fsp3) is 0.444. The molecule has 0 bridgehead atoms. The number of piperidine rings is 1. The molecule has 7 heteroatoms. The van der Waals surface area contributed by atoms with Crippen LogP contribution in [0.3, 0.4) is 0 Å². The van der Waals surface area contributed by atoms with Crippen molar-refractivity contribution in [3.8, 4) is 0 Å². The number of aromatic nitrogens is 3. The minimum atomic E-state index is -0.918. The molecule has 1 amide bonds. The number of aryl methyl sites for hydroxylation is 1. The van der Waals surface area contributed by atoms with E-state index in [9.17, 15) is 9.59 Å². The smallest absolute Gasteiger partial charge is 0.335 e. The molecular formula is C18H22N4O3. The molecule has 0 spiro atoms. The van der Waals surface area contributed by atoms with Crippen molar-refractivity contribution < 1.29 is 14.7 Å². The molecule has 7 nitrogen and oxygen atoms in total. The van der Waals surface area contributed by atoms with Gasteiger partial charge in [-0.15, -0.1) is 0 Å². The van der Waals surface area contributed by atoms with Crippen LogP contribution in [0.5, 0.6) is 0 Å². The number of amides is 1. The number of carbonyl (C=O) groups is 2. The lowest BCUT2D eigenvalue weighted by atomic mass is 9.89. The average molecular weight is 342 g/mol. The summed E-state index contributed by atoms with van der Waals surface area (Å²) in [5, 5.41) is 13.2. The SMILES string of the molecule is O=C(O)c1cccc([C@H]2CCCN(C(=O)CCCn3cncn3)C2)c1. The Morgan fingerprint density at radius 1 is 1.32 bits per heavy atom. The van der Waals surface area contributed by atoms with Crippen molar-refractivity contribution in [3.63, 3.8) is 0 Å². The van der Waals surface area contributed by atoms with Crippen LogP contribution in [0, 0.1) is 0 Å². The summed E-state index contributed by atoms with van der Waals surface area (Å²) in [6.45, 7) is 2.12. The monoisotopic (exact) mass is 342 g/mol. The van der Waals surface area contributed by atoms with E-state index in [1.165, 1.54) is 6.33 Å². The Morgan fingerprint density at radius 2 is 2.20 bits per heavy atom. The van der Waals surface area contributed by atoms with E-state index in [2.05, 4.69) is 10.1 Å². The van der Waals surface area contributed by atoms with Gasteiger partial charge < -0.3 is 10.0 Å². The Bertz CT molecular complexity index is 730. The maximum Gasteiger partial charge on any atom is 0.335 e. The van der Waals surface area contributed by atoms with Crippen LogP contribution >= 0.6 is 0 Å². The van der Waals surface area contributed by atoms with Gasteiger partial charge in [-0.3, -0.25) is 9.48 Å². The van der Waals surface area contributed by atoms with E-state index in [4.69, 9.17) is 5.11 Å². The molecule has 1 aromatic heterocycles. The zero-order valence-corrected chi connectivity index (χ0v) is 14.0. The molecule has 1 aromatic carbocycles. The van der Waals surface area contributed by atoms with E-state index >= 15 is 0 Å². The van der Waals surface area contributed by atoms with Gasteiger partial charge in [0.25, 0.3) is 0 Å². The van der Waals surface area contributed by atoms with Crippen LogP contribution in [0.2, 0.25) is 0 Å². The van der Waals surface area contributed by atoms with Crippen molar-refractivity contribution in [2.75, 3.05) is 13.1 Å². The zero-order valence-electron chi connectivity index (χ0n) is 14.0. The lowest BCUT2D eigenvalue weighted by molar-refractivity contribution is -0.132. The van der Waals surface area contributed by atoms with Crippen LogP contribution in [0.4, 0.5) is 0 Å². The quantitative estimate of drug-likeness (QED) is 0.869. The number of nitrogens with zero attached hydrogens (tertiary/aromatic N) is 4. The second-order valence-electron chi connectivity index (χ2n) is 6.37. The number of aromatic carboxylic acids is 1. The van der Waals surface area contributed by atoms with Gasteiger partial charge in [0, 0.05) is 32.0 Å². The first kappa shape index (κ1) is 17.1. The van der Waals surface area contributed by atoms with Gasteiger partial charge in [0.05, 0.1) is 5.56 Å². The minimum Gasteiger partial charge on any atom is -0.478 e. The summed E-state index contributed by atoms with van der Waals surface area (Å²) < 4.78 is 1.73. The van der Waals surface area contributed by atoms with Crippen LogP contribution in [-0.4, -0.2) is 49.7 Å². The molecule has 0 saturated carbocycles. The lowest BCUT2D eigenvalue weighted by Gasteiger charge is -2.33. The molecule has 25 heavy (non-hydrogen) atoms. The molecule has 1 atom stereocenters. The number of carboxylic acid groups (broad SMARTS) is 1. The molecule has 1 aliphatic rings. The number of hydrogen-bond acceptors (Lipinski definition) is 4. The molecule has 1 saturated heterocycles. The maximum absolute atomic E-state index is 12.5. The molecule has 132 valence electrons. The highest BCUT2D eigenvalue weighted by Gasteiger charge is 2.24. The Morgan fingerprint density at radius 3 is 2.96 bits per heavy atom. The molecular weight excluding hydrogens is 320 g/mol. The third-order valence-electron chi connectivity index (χ3n) is 4.62. The highest BCUT2D eigenvalue weighted by atomic mass is 16.4. The molecule has 0 radical (unpaired) electrons.